The molecule has 4 aromatic rings. The third kappa shape index (κ3) is 4.23. The van der Waals surface area contributed by atoms with Crippen LogP contribution in [0.15, 0.2) is 82.0 Å². The van der Waals surface area contributed by atoms with E-state index in [9.17, 15) is 9.59 Å². The normalized spacial score (nSPS) is 15.0. The second-order valence-electron chi connectivity index (χ2n) is 8.89. The first-order valence-corrected chi connectivity index (χ1v) is 12.3. The van der Waals surface area contributed by atoms with E-state index in [1.807, 2.05) is 54.6 Å². The Hall–Kier alpha value is -3.86. The number of nitrogens with zero attached hydrogens (tertiary/aromatic N) is 1. The van der Waals surface area contributed by atoms with Crippen LogP contribution >= 0.6 is 0 Å². The molecule has 0 bridgehead atoms. The fraction of sp³-hybridized carbons (Fsp3) is 0.267. The molecule has 1 aliphatic heterocycles. The van der Waals surface area contributed by atoms with Crippen molar-refractivity contribution in [2.75, 3.05) is 11.5 Å². The van der Waals surface area contributed by atoms with E-state index in [0.717, 1.165) is 42.7 Å². The van der Waals surface area contributed by atoms with Crippen LogP contribution in [0.1, 0.15) is 66.4 Å². The first kappa shape index (κ1) is 22.9. The highest BCUT2D eigenvalue weighted by Gasteiger charge is 2.43. The van der Waals surface area contributed by atoms with Crippen molar-refractivity contribution < 1.29 is 13.9 Å². The lowest BCUT2D eigenvalue weighted by Gasteiger charge is -2.25. The molecule has 3 aromatic carbocycles. The smallest absolute Gasteiger partial charge is 0.295 e. The molecule has 0 aliphatic carbocycles. The molecule has 0 radical (unpaired) electrons. The summed E-state index contributed by atoms with van der Waals surface area (Å²) >= 11 is 0. The van der Waals surface area contributed by atoms with Crippen molar-refractivity contribution in [1.82, 2.24) is 0 Å². The summed E-state index contributed by atoms with van der Waals surface area (Å²) in [6.45, 7) is 4.93. The minimum Gasteiger partial charge on any atom is -0.494 e. The molecule has 0 N–H and O–H groups in total. The molecule has 0 saturated heterocycles. The quantitative estimate of drug-likeness (QED) is 0.271. The van der Waals surface area contributed by atoms with Crippen LogP contribution in [0.4, 0.5) is 5.69 Å². The molecule has 0 fully saturated rings. The molecule has 0 spiro atoms. The number of hydrogen-bond donors (Lipinski definition) is 0. The van der Waals surface area contributed by atoms with Crippen molar-refractivity contribution in [2.45, 2.75) is 45.6 Å². The van der Waals surface area contributed by atoms with Gasteiger partial charge in [0.2, 0.25) is 5.76 Å². The average molecular weight is 468 g/mol. The fourth-order valence-corrected chi connectivity index (χ4v) is 4.68. The second kappa shape index (κ2) is 9.79. The number of carbonyl (C=O) groups excluding carboxylic acids is 1. The maximum Gasteiger partial charge on any atom is 0.295 e. The molecule has 1 atom stereocenters. The van der Waals surface area contributed by atoms with Crippen molar-refractivity contribution >= 4 is 22.6 Å². The Kier molecular flexibility index (Phi) is 6.41. The minimum absolute atomic E-state index is 0.109. The summed E-state index contributed by atoms with van der Waals surface area (Å²) in [4.78, 5) is 29.0. The summed E-state index contributed by atoms with van der Waals surface area (Å²) in [5.41, 5.74) is 3.37. The lowest BCUT2D eigenvalue weighted by Crippen LogP contribution is -2.29. The number of fused-ring (bicyclic) bond motifs is 2. The van der Waals surface area contributed by atoms with Crippen LogP contribution in [-0.4, -0.2) is 12.5 Å². The number of rotatable bonds is 8. The highest BCUT2D eigenvalue weighted by Crippen LogP contribution is 2.41. The van der Waals surface area contributed by atoms with Gasteiger partial charge in [-0.15, -0.1) is 0 Å². The number of ether oxygens (including phenoxy) is 1. The largest absolute Gasteiger partial charge is 0.494 e. The number of para-hydroxylation sites is 1. The molecule has 1 unspecified atom stereocenters. The lowest BCUT2D eigenvalue weighted by atomic mass is 9.98. The minimum atomic E-state index is -0.583. The molecule has 0 saturated carbocycles. The maximum absolute atomic E-state index is 13.7. The molecular weight excluding hydrogens is 438 g/mol. The zero-order chi connectivity index (χ0) is 24.4. The Morgan fingerprint density at radius 1 is 0.886 bits per heavy atom. The van der Waals surface area contributed by atoms with Crippen LogP contribution < -0.4 is 15.1 Å². The number of hydrogen-bond acceptors (Lipinski definition) is 4. The van der Waals surface area contributed by atoms with Crippen molar-refractivity contribution in [3.8, 4) is 5.75 Å². The molecule has 1 aromatic heterocycles. The van der Waals surface area contributed by atoms with Gasteiger partial charge in [0.25, 0.3) is 5.91 Å². The molecular formula is C30H29NO4. The Morgan fingerprint density at radius 3 is 2.34 bits per heavy atom. The second-order valence-corrected chi connectivity index (χ2v) is 8.89. The first-order chi connectivity index (χ1) is 17.1. The van der Waals surface area contributed by atoms with Crippen LogP contribution in [0.3, 0.4) is 0 Å². The standard InChI is InChI=1S/C30H29NO4/c1-3-5-8-19-34-23-17-13-21(14-18-23)27-26-28(32)24-9-6-7-10-25(24)35-29(26)30(33)31(27)22-15-11-20(4-2)12-16-22/h6-7,9-18,27H,3-5,8,19H2,1-2H3. The number of carbonyl (C=O) groups is 1. The van der Waals surface area contributed by atoms with E-state index < -0.39 is 6.04 Å². The van der Waals surface area contributed by atoms with E-state index in [2.05, 4.69) is 13.8 Å². The zero-order valence-electron chi connectivity index (χ0n) is 20.1. The van der Waals surface area contributed by atoms with Gasteiger partial charge in [-0.1, -0.05) is 63.1 Å². The lowest BCUT2D eigenvalue weighted by molar-refractivity contribution is 0.0971. The van der Waals surface area contributed by atoms with E-state index in [4.69, 9.17) is 9.15 Å². The van der Waals surface area contributed by atoms with Crippen LogP contribution in [0.5, 0.6) is 5.75 Å². The van der Waals surface area contributed by atoms with Crippen molar-refractivity contribution in [2.24, 2.45) is 0 Å². The number of anilines is 1. The van der Waals surface area contributed by atoms with Crippen LogP contribution in [0, 0.1) is 0 Å². The van der Waals surface area contributed by atoms with Crippen molar-refractivity contribution in [1.29, 1.82) is 0 Å². The average Bonchev–Trinajstić information content (AvgIpc) is 3.19. The van der Waals surface area contributed by atoms with E-state index in [-0.39, 0.29) is 17.1 Å². The van der Waals surface area contributed by atoms with Gasteiger partial charge in [0.05, 0.1) is 23.6 Å². The van der Waals surface area contributed by atoms with Crippen LogP contribution in [0.25, 0.3) is 11.0 Å². The number of amides is 1. The van der Waals surface area contributed by atoms with Gasteiger partial charge in [0.15, 0.2) is 5.43 Å². The summed E-state index contributed by atoms with van der Waals surface area (Å²) in [7, 11) is 0. The number of benzene rings is 3. The van der Waals surface area contributed by atoms with Crippen LogP contribution in [0.2, 0.25) is 0 Å². The van der Waals surface area contributed by atoms with Gasteiger partial charge in [0, 0.05) is 5.69 Å². The summed E-state index contributed by atoms with van der Waals surface area (Å²) in [5, 5.41) is 0.475. The van der Waals surface area contributed by atoms with Gasteiger partial charge < -0.3 is 9.15 Å². The first-order valence-electron chi connectivity index (χ1n) is 12.3. The highest BCUT2D eigenvalue weighted by molar-refractivity contribution is 6.10. The third-order valence-electron chi connectivity index (χ3n) is 6.61. The van der Waals surface area contributed by atoms with Gasteiger partial charge >= 0.3 is 0 Å². The van der Waals surface area contributed by atoms with Crippen molar-refractivity contribution in [3.63, 3.8) is 0 Å². The summed E-state index contributed by atoms with van der Waals surface area (Å²) in [6, 6.07) is 22.1. The van der Waals surface area contributed by atoms with Crippen LogP contribution in [-0.2, 0) is 6.42 Å². The predicted octanol–water partition coefficient (Wildman–Crippen LogP) is 6.67. The zero-order valence-corrected chi connectivity index (χ0v) is 20.1. The third-order valence-corrected chi connectivity index (χ3v) is 6.61. The Balaban J connectivity index is 1.60. The molecule has 35 heavy (non-hydrogen) atoms. The van der Waals surface area contributed by atoms with Gasteiger partial charge in [-0.05, 0) is 60.4 Å². The summed E-state index contributed by atoms with van der Waals surface area (Å²) in [5.74, 6) is 0.578. The summed E-state index contributed by atoms with van der Waals surface area (Å²) < 4.78 is 11.9. The number of aryl methyl sites for hydroxylation is 1. The molecule has 5 heteroatoms. The fourth-order valence-electron chi connectivity index (χ4n) is 4.68. The SMILES string of the molecule is CCCCCOc1ccc(C2c3c(oc4ccccc4c3=O)C(=O)N2c2ccc(CC)cc2)cc1. The van der Waals surface area contributed by atoms with Gasteiger partial charge in [-0.3, -0.25) is 14.5 Å². The Labute approximate surface area is 205 Å². The van der Waals surface area contributed by atoms with E-state index in [1.54, 1.807) is 23.1 Å². The maximum atomic E-state index is 13.7. The molecule has 1 aliphatic rings. The summed E-state index contributed by atoms with van der Waals surface area (Å²) in [6.07, 6.45) is 4.19. The monoisotopic (exact) mass is 467 g/mol. The van der Waals surface area contributed by atoms with E-state index in [1.165, 1.54) is 5.56 Å². The number of unbranched alkanes of at least 4 members (excludes halogenated alkanes) is 2. The predicted molar refractivity (Wildman–Crippen MR) is 138 cm³/mol. The van der Waals surface area contributed by atoms with E-state index in [0.29, 0.717) is 23.1 Å². The molecule has 2 heterocycles. The molecule has 5 nitrogen and oxygen atoms in total. The molecule has 5 rings (SSSR count). The van der Waals surface area contributed by atoms with Crippen molar-refractivity contribution in [3.05, 3.63) is 105 Å². The highest BCUT2D eigenvalue weighted by atomic mass is 16.5. The van der Waals surface area contributed by atoms with Gasteiger partial charge in [-0.25, -0.2) is 0 Å². The van der Waals surface area contributed by atoms with E-state index >= 15 is 0 Å². The van der Waals surface area contributed by atoms with Gasteiger partial charge in [0.1, 0.15) is 11.3 Å². The topological polar surface area (TPSA) is 59.8 Å². The Bertz CT molecular complexity index is 1400. The molecule has 1 amide bonds. The van der Waals surface area contributed by atoms with Gasteiger partial charge in [-0.2, -0.15) is 0 Å². The Morgan fingerprint density at radius 2 is 1.63 bits per heavy atom. The molecule has 178 valence electrons.